The van der Waals surface area contributed by atoms with Crippen molar-refractivity contribution in [1.82, 2.24) is 29.5 Å². The number of hydrogen-bond acceptors (Lipinski definition) is 8. The normalized spacial score (nSPS) is 15.2. The molecule has 0 bridgehead atoms. The second kappa shape index (κ2) is 12.2. The highest BCUT2D eigenvalue weighted by atomic mass is 35.5. The van der Waals surface area contributed by atoms with E-state index in [9.17, 15) is 4.79 Å². The van der Waals surface area contributed by atoms with Crippen molar-refractivity contribution < 1.29 is 28.1 Å². The number of halogens is 2. The van der Waals surface area contributed by atoms with Crippen molar-refractivity contribution in [1.29, 1.82) is 0 Å². The smallest absolute Gasteiger partial charge is 0.225 e. The molecule has 3 aromatic heterocycles. The van der Waals surface area contributed by atoms with Crippen molar-refractivity contribution in [3.63, 3.8) is 0 Å². The molecule has 224 valence electrons. The highest BCUT2D eigenvalue weighted by Gasteiger charge is 2.27. The number of hydrogen-bond donors (Lipinski definition) is 1. The number of nitrogens with one attached hydrogen (secondary N) is 1. The van der Waals surface area contributed by atoms with Gasteiger partial charge in [-0.05, 0) is 43.0 Å². The third kappa shape index (κ3) is 5.49. The third-order valence-electron chi connectivity index (χ3n) is 7.41. The fourth-order valence-corrected chi connectivity index (χ4v) is 5.51. The number of methoxy groups -OCH3 is 3. The van der Waals surface area contributed by atoms with Crippen LogP contribution in [0.2, 0.25) is 5.02 Å². The molecule has 1 aliphatic heterocycles. The molecule has 1 saturated heterocycles. The van der Waals surface area contributed by atoms with Crippen molar-refractivity contribution in [3.05, 3.63) is 65.0 Å². The van der Waals surface area contributed by atoms with Crippen LogP contribution in [0.5, 0.6) is 11.5 Å². The first-order chi connectivity index (χ1) is 20.9. The molecule has 1 unspecified atom stereocenters. The van der Waals surface area contributed by atoms with Gasteiger partial charge in [-0.3, -0.25) is 4.79 Å². The monoisotopic (exact) mass is 608 g/mol. The highest BCUT2D eigenvalue weighted by molar-refractivity contribution is 6.33. The Morgan fingerprint density at radius 1 is 1.19 bits per heavy atom. The molecule has 0 amide bonds. The summed E-state index contributed by atoms with van der Waals surface area (Å²) in [7, 11) is 4.45. The summed E-state index contributed by atoms with van der Waals surface area (Å²) in [4.78, 5) is 20.9. The summed E-state index contributed by atoms with van der Waals surface area (Å²) in [5.41, 5.74) is 2.67. The van der Waals surface area contributed by atoms with E-state index in [2.05, 4.69) is 15.1 Å². The largest absolute Gasteiger partial charge is 0.497 e. The molecule has 0 radical (unpaired) electrons. The SMILES string of the molecule is COCC(=O)c1nc(-c2[nH]c3c(F)c(Cl)c(OC)cc3c2-c2cnn(C3CCCCO3)c2)nn1Cc1ccc(OC)cc1. The van der Waals surface area contributed by atoms with Crippen LogP contribution in [0, 0.1) is 5.82 Å². The number of carbonyl (C=O) groups is 1. The Bertz CT molecular complexity index is 1770. The van der Waals surface area contributed by atoms with Crippen LogP contribution in [0.15, 0.2) is 42.7 Å². The minimum atomic E-state index is -0.681. The molecule has 4 heterocycles. The number of ketones is 1. The minimum absolute atomic E-state index is 0.0969. The Morgan fingerprint density at radius 3 is 2.70 bits per heavy atom. The zero-order valence-electron chi connectivity index (χ0n) is 23.9. The van der Waals surface area contributed by atoms with Crippen molar-refractivity contribution in [3.8, 4) is 34.1 Å². The molecule has 11 nitrogen and oxygen atoms in total. The molecule has 43 heavy (non-hydrogen) atoms. The van der Waals surface area contributed by atoms with Gasteiger partial charge in [-0.1, -0.05) is 23.7 Å². The van der Waals surface area contributed by atoms with Crippen molar-refractivity contribution in [2.45, 2.75) is 32.0 Å². The number of aromatic nitrogens is 6. The Balaban J connectivity index is 1.51. The number of ether oxygens (including phenoxy) is 4. The molecule has 1 N–H and O–H groups in total. The molecule has 5 aromatic rings. The van der Waals surface area contributed by atoms with Crippen LogP contribution in [-0.4, -0.2) is 69.9 Å². The second-order valence-electron chi connectivity index (χ2n) is 10.2. The predicted octanol–water partition coefficient (Wildman–Crippen LogP) is 5.68. The maximum atomic E-state index is 15.6. The van der Waals surface area contributed by atoms with Gasteiger partial charge < -0.3 is 23.9 Å². The molecule has 1 aliphatic rings. The summed E-state index contributed by atoms with van der Waals surface area (Å²) >= 11 is 6.29. The standard InChI is InChI=1S/C30H30ClFN6O5/c1-40-16-21(39)30-35-29(36-38(30)14-17-7-9-19(41-2)10-8-17)28-24(18-13-33-37(15-18)23-6-4-5-11-43-23)20-12-22(42-3)25(31)26(32)27(20)34-28/h7-10,12-13,15,23,34H,4-6,11,14,16H2,1-3H3. The molecular formula is C30H30ClFN6O5. The lowest BCUT2D eigenvalue weighted by Crippen LogP contribution is -2.18. The van der Waals surface area contributed by atoms with E-state index in [0.717, 1.165) is 24.8 Å². The molecular weight excluding hydrogens is 579 g/mol. The number of aromatic amines is 1. The van der Waals surface area contributed by atoms with Crippen LogP contribution in [0.1, 0.15) is 41.7 Å². The van der Waals surface area contributed by atoms with Gasteiger partial charge in [0, 0.05) is 36.4 Å². The molecule has 1 atom stereocenters. The van der Waals surface area contributed by atoms with Crippen LogP contribution in [-0.2, 0) is 16.0 Å². The summed E-state index contributed by atoms with van der Waals surface area (Å²) in [5, 5.41) is 9.62. The van der Waals surface area contributed by atoms with Gasteiger partial charge in [-0.25, -0.2) is 18.7 Å². The van der Waals surface area contributed by atoms with E-state index in [1.165, 1.54) is 18.9 Å². The number of nitrogens with zero attached hydrogens (tertiary/aromatic N) is 5. The Hall–Kier alpha value is -4.26. The molecule has 6 rings (SSSR count). The zero-order chi connectivity index (χ0) is 30.1. The summed E-state index contributed by atoms with van der Waals surface area (Å²) in [6, 6.07) is 9.07. The fourth-order valence-electron chi connectivity index (χ4n) is 5.28. The molecule has 0 aliphatic carbocycles. The Kier molecular flexibility index (Phi) is 8.15. The average molecular weight is 609 g/mol. The number of Topliss-reactive ketones (excluding diaryl/α,β-unsaturated/α-hetero) is 1. The Labute approximate surface area is 251 Å². The highest BCUT2D eigenvalue weighted by Crippen LogP contribution is 2.43. The molecule has 0 spiro atoms. The lowest BCUT2D eigenvalue weighted by atomic mass is 10.0. The van der Waals surface area contributed by atoms with Gasteiger partial charge in [0.1, 0.15) is 29.4 Å². The number of H-pyrrole nitrogens is 1. The first-order valence-electron chi connectivity index (χ1n) is 13.8. The molecule has 2 aromatic carbocycles. The van der Waals surface area contributed by atoms with Gasteiger partial charge in [0.05, 0.1) is 38.2 Å². The summed E-state index contributed by atoms with van der Waals surface area (Å²) < 4.78 is 40.6. The maximum Gasteiger partial charge on any atom is 0.225 e. The number of carbonyl (C=O) groups excluding carboxylic acids is 1. The van der Waals surface area contributed by atoms with Crippen LogP contribution in [0.3, 0.4) is 0 Å². The van der Waals surface area contributed by atoms with E-state index in [4.69, 9.17) is 35.6 Å². The van der Waals surface area contributed by atoms with E-state index in [0.29, 0.717) is 34.6 Å². The van der Waals surface area contributed by atoms with E-state index in [-0.39, 0.29) is 53.1 Å². The average Bonchev–Trinajstić information content (AvgIpc) is 3.77. The molecule has 1 fully saturated rings. The fraction of sp³-hybridized carbons (Fsp3) is 0.333. The summed E-state index contributed by atoms with van der Waals surface area (Å²) in [6.07, 6.45) is 6.22. The van der Waals surface area contributed by atoms with E-state index in [1.807, 2.05) is 30.5 Å². The molecule has 13 heteroatoms. The van der Waals surface area contributed by atoms with E-state index >= 15 is 4.39 Å². The minimum Gasteiger partial charge on any atom is -0.497 e. The third-order valence-corrected chi connectivity index (χ3v) is 7.77. The van der Waals surface area contributed by atoms with Gasteiger partial charge in [0.25, 0.3) is 0 Å². The van der Waals surface area contributed by atoms with Crippen molar-refractivity contribution >= 4 is 28.3 Å². The topological polar surface area (TPSA) is 118 Å². The first kappa shape index (κ1) is 28.8. The van der Waals surface area contributed by atoms with Crippen LogP contribution >= 0.6 is 11.6 Å². The van der Waals surface area contributed by atoms with Gasteiger partial charge in [0.2, 0.25) is 5.78 Å². The lowest BCUT2D eigenvalue weighted by Gasteiger charge is -2.22. The predicted molar refractivity (Wildman–Crippen MR) is 157 cm³/mol. The van der Waals surface area contributed by atoms with E-state index < -0.39 is 5.82 Å². The van der Waals surface area contributed by atoms with Crippen molar-refractivity contribution in [2.75, 3.05) is 34.5 Å². The lowest BCUT2D eigenvalue weighted by molar-refractivity contribution is -0.0394. The Morgan fingerprint density at radius 2 is 2.00 bits per heavy atom. The quantitative estimate of drug-likeness (QED) is 0.201. The molecule has 0 saturated carbocycles. The first-order valence-corrected chi connectivity index (χ1v) is 14.1. The zero-order valence-corrected chi connectivity index (χ0v) is 24.7. The van der Waals surface area contributed by atoms with Crippen LogP contribution < -0.4 is 9.47 Å². The number of fused-ring (bicyclic) bond motifs is 1. The van der Waals surface area contributed by atoms with E-state index in [1.54, 1.807) is 24.1 Å². The summed E-state index contributed by atoms with van der Waals surface area (Å²) in [6.45, 7) is 0.727. The van der Waals surface area contributed by atoms with Crippen LogP contribution in [0.4, 0.5) is 4.39 Å². The summed E-state index contributed by atoms with van der Waals surface area (Å²) in [5.74, 6) is 0.132. The maximum absolute atomic E-state index is 15.6. The van der Waals surface area contributed by atoms with Gasteiger partial charge in [-0.2, -0.15) is 5.10 Å². The second-order valence-corrected chi connectivity index (χ2v) is 10.5. The van der Waals surface area contributed by atoms with Crippen LogP contribution in [0.25, 0.3) is 33.5 Å². The van der Waals surface area contributed by atoms with Gasteiger partial charge >= 0.3 is 0 Å². The number of rotatable bonds is 10. The van der Waals surface area contributed by atoms with Crippen molar-refractivity contribution in [2.24, 2.45) is 0 Å². The number of benzene rings is 2. The van der Waals surface area contributed by atoms with Gasteiger partial charge in [-0.15, -0.1) is 5.10 Å². The van der Waals surface area contributed by atoms with Gasteiger partial charge in [0.15, 0.2) is 17.5 Å².